The van der Waals surface area contributed by atoms with Gasteiger partial charge in [-0.15, -0.1) is 11.8 Å². The average molecular weight is 354 g/mol. The van der Waals surface area contributed by atoms with Crippen LogP contribution in [0.3, 0.4) is 0 Å². The molecule has 0 aliphatic carbocycles. The number of benzene rings is 2. The van der Waals surface area contributed by atoms with E-state index in [1.807, 2.05) is 56.5 Å². The number of rotatable bonds is 3. The zero-order chi connectivity index (χ0) is 18.0. The maximum absolute atomic E-state index is 12.6. The molecule has 4 nitrogen and oxygen atoms in total. The summed E-state index contributed by atoms with van der Waals surface area (Å²) in [4.78, 5) is 29.8. The number of aryl methyl sites for hydroxylation is 2. The van der Waals surface area contributed by atoms with Crippen LogP contribution >= 0.6 is 11.8 Å². The van der Waals surface area contributed by atoms with E-state index in [1.54, 1.807) is 21.6 Å². The summed E-state index contributed by atoms with van der Waals surface area (Å²) in [6.45, 7) is 5.24. The lowest BCUT2D eigenvalue weighted by atomic mass is 10.1. The van der Waals surface area contributed by atoms with Crippen LogP contribution in [0.4, 0.5) is 5.69 Å². The van der Waals surface area contributed by atoms with Crippen LogP contribution in [0.5, 0.6) is 0 Å². The molecule has 25 heavy (non-hydrogen) atoms. The molecule has 0 radical (unpaired) electrons. The highest BCUT2D eigenvalue weighted by atomic mass is 32.2. The molecule has 5 heteroatoms. The van der Waals surface area contributed by atoms with Crippen molar-refractivity contribution in [1.29, 1.82) is 0 Å². The fraction of sp³-hybridized carbons (Fsp3) is 0.300. The molecule has 1 aliphatic heterocycles. The van der Waals surface area contributed by atoms with Crippen molar-refractivity contribution in [2.24, 2.45) is 0 Å². The molecule has 0 N–H and O–H groups in total. The van der Waals surface area contributed by atoms with Gasteiger partial charge >= 0.3 is 0 Å². The van der Waals surface area contributed by atoms with Crippen LogP contribution in [0.2, 0.25) is 0 Å². The molecule has 0 atom stereocenters. The first-order chi connectivity index (χ1) is 12.0. The fourth-order valence-corrected chi connectivity index (χ4v) is 3.55. The molecule has 0 aromatic heterocycles. The van der Waals surface area contributed by atoms with Crippen molar-refractivity contribution in [2.45, 2.75) is 18.7 Å². The Labute approximate surface area is 152 Å². The lowest BCUT2D eigenvalue weighted by Crippen LogP contribution is -2.52. The lowest BCUT2D eigenvalue weighted by molar-refractivity contribution is -0.120. The Morgan fingerprint density at radius 1 is 1.00 bits per heavy atom. The Balaban J connectivity index is 1.72. The van der Waals surface area contributed by atoms with Crippen molar-refractivity contribution >= 4 is 29.3 Å². The number of hydrogen-bond acceptors (Lipinski definition) is 3. The molecule has 3 rings (SSSR count). The highest BCUT2D eigenvalue weighted by molar-refractivity contribution is 7.98. The summed E-state index contributed by atoms with van der Waals surface area (Å²) >= 11 is 1.64. The summed E-state index contributed by atoms with van der Waals surface area (Å²) in [6.07, 6.45) is 2.00. The Morgan fingerprint density at radius 3 is 2.20 bits per heavy atom. The SMILES string of the molecule is CSc1ccc(C(=O)N2CCN(c3cc(C)cc(C)c3)C(=O)C2)cc1. The number of piperazine rings is 1. The molecule has 2 aromatic carbocycles. The summed E-state index contributed by atoms with van der Waals surface area (Å²) in [5.41, 5.74) is 3.81. The number of nitrogens with zero attached hydrogens (tertiary/aromatic N) is 2. The van der Waals surface area contributed by atoms with Gasteiger partial charge in [-0.2, -0.15) is 0 Å². The Bertz CT molecular complexity index is 782. The molecule has 0 saturated carbocycles. The van der Waals surface area contributed by atoms with Gasteiger partial charge in [-0.05, 0) is 67.6 Å². The summed E-state index contributed by atoms with van der Waals surface area (Å²) in [7, 11) is 0. The molecule has 2 aromatic rings. The van der Waals surface area contributed by atoms with E-state index in [-0.39, 0.29) is 18.4 Å². The van der Waals surface area contributed by atoms with Gasteiger partial charge < -0.3 is 9.80 Å². The van der Waals surface area contributed by atoms with Crippen molar-refractivity contribution in [3.05, 3.63) is 59.2 Å². The Kier molecular flexibility index (Phi) is 5.13. The smallest absolute Gasteiger partial charge is 0.254 e. The Morgan fingerprint density at radius 2 is 1.64 bits per heavy atom. The topological polar surface area (TPSA) is 40.6 Å². The van der Waals surface area contributed by atoms with Crippen LogP contribution in [0, 0.1) is 13.8 Å². The van der Waals surface area contributed by atoms with Gasteiger partial charge in [-0.1, -0.05) is 6.07 Å². The zero-order valence-corrected chi connectivity index (χ0v) is 15.6. The normalized spacial score (nSPS) is 14.8. The van der Waals surface area contributed by atoms with Crippen molar-refractivity contribution in [3.63, 3.8) is 0 Å². The molecule has 0 bridgehead atoms. The van der Waals surface area contributed by atoms with Crippen molar-refractivity contribution < 1.29 is 9.59 Å². The number of carbonyl (C=O) groups is 2. The third-order valence-corrected chi connectivity index (χ3v) is 5.11. The second-order valence-electron chi connectivity index (χ2n) is 6.35. The second-order valence-corrected chi connectivity index (χ2v) is 7.23. The van der Waals surface area contributed by atoms with E-state index in [2.05, 4.69) is 6.07 Å². The van der Waals surface area contributed by atoms with Crippen LogP contribution < -0.4 is 4.90 Å². The van der Waals surface area contributed by atoms with Crippen molar-refractivity contribution in [3.8, 4) is 0 Å². The van der Waals surface area contributed by atoms with Gasteiger partial charge in [0.15, 0.2) is 0 Å². The van der Waals surface area contributed by atoms with Crippen LogP contribution in [-0.2, 0) is 4.79 Å². The van der Waals surface area contributed by atoms with E-state index in [4.69, 9.17) is 0 Å². The first-order valence-electron chi connectivity index (χ1n) is 8.30. The highest BCUT2D eigenvalue weighted by Gasteiger charge is 2.28. The maximum Gasteiger partial charge on any atom is 0.254 e. The van der Waals surface area contributed by atoms with E-state index >= 15 is 0 Å². The van der Waals surface area contributed by atoms with Crippen LogP contribution in [-0.4, -0.2) is 42.6 Å². The lowest BCUT2D eigenvalue weighted by Gasteiger charge is -2.34. The molecule has 1 fully saturated rings. The minimum atomic E-state index is -0.0823. The van der Waals surface area contributed by atoms with Crippen LogP contribution in [0.1, 0.15) is 21.5 Å². The molecule has 1 aliphatic rings. The van der Waals surface area contributed by atoms with Gasteiger partial charge in [-0.25, -0.2) is 0 Å². The zero-order valence-electron chi connectivity index (χ0n) is 14.8. The number of anilines is 1. The average Bonchev–Trinajstić information content (AvgIpc) is 2.60. The summed E-state index contributed by atoms with van der Waals surface area (Å²) in [5.74, 6) is -0.119. The number of amides is 2. The highest BCUT2D eigenvalue weighted by Crippen LogP contribution is 2.22. The molecule has 1 heterocycles. The molecule has 0 unspecified atom stereocenters. The molecule has 2 amide bonds. The fourth-order valence-electron chi connectivity index (χ4n) is 3.14. The molecule has 130 valence electrons. The molecular formula is C20H22N2O2S. The van der Waals surface area contributed by atoms with E-state index in [9.17, 15) is 9.59 Å². The van der Waals surface area contributed by atoms with Crippen LogP contribution in [0.15, 0.2) is 47.4 Å². The van der Waals surface area contributed by atoms with E-state index in [0.29, 0.717) is 18.7 Å². The first kappa shape index (κ1) is 17.5. The standard InChI is InChI=1S/C20H22N2O2S/c1-14-10-15(2)12-17(11-14)22-9-8-21(13-19(22)23)20(24)16-4-6-18(25-3)7-5-16/h4-7,10-12H,8-9,13H2,1-3H3. The predicted octanol–water partition coefficient (Wildman–Crippen LogP) is 3.51. The van der Waals surface area contributed by atoms with Gasteiger partial charge in [0, 0.05) is 29.2 Å². The van der Waals surface area contributed by atoms with Gasteiger partial charge in [0.2, 0.25) is 5.91 Å². The summed E-state index contributed by atoms with van der Waals surface area (Å²) < 4.78 is 0. The van der Waals surface area contributed by atoms with Gasteiger partial charge in [-0.3, -0.25) is 9.59 Å². The third-order valence-electron chi connectivity index (χ3n) is 4.36. The van der Waals surface area contributed by atoms with Gasteiger partial charge in [0.05, 0.1) is 0 Å². The summed E-state index contributed by atoms with van der Waals surface area (Å²) in [5, 5.41) is 0. The maximum atomic E-state index is 12.6. The monoisotopic (exact) mass is 354 g/mol. The second kappa shape index (κ2) is 7.31. The number of hydrogen-bond donors (Lipinski definition) is 0. The van der Waals surface area contributed by atoms with Crippen LogP contribution in [0.25, 0.3) is 0 Å². The minimum absolute atomic E-state index is 0.0367. The third kappa shape index (κ3) is 3.87. The Hall–Kier alpha value is -2.27. The largest absolute Gasteiger partial charge is 0.328 e. The van der Waals surface area contributed by atoms with Crippen molar-refractivity contribution in [2.75, 3.05) is 30.8 Å². The van der Waals surface area contributed by atoms with Crippen molar-refractivity contribution in [1.82, 2.24) is 4.90 Å². The minimum Gasteiger partial charge on any atom is -0.328 e. The first-order valence-corrected chi connectivity index (χ1v) is 9.52. The predicted molar refractivity (Wildman–Crippen MR) is 102 cm³/mol. The molecule has 1 saturated heterocycles. The summed E-state index contributed by atoms with van der Waals surface area (Å²) in [6, 6.07) is 13.7. The number of carbonyl (C=O) groups excluding carboxylic acids is 2. The molecular weight excluding hydrogens is 332 g/mol. The number of thioether (sulfide) groups is 1. The van der Waals surface area contributed by atoms with Gasteiger partial charge in [0.25, 0.3) is 5.91 Å². The quantitative estimate of drug-likeness (QED) is 0.792. The van der Waals surface area contributed by atoms with E-state index in [1.165, 1.54) is 0 Å². The van der Waals surface area contributed by atoms with E-state index in [0.717, 1.165) is 21.7 Å². The van der Waals surface area contributed by atoms with Gasteiger partial charge in [0.1, 0.15) is 6.54 Å². The van der Waals surface area contributed by atoms with E-state index < -0.39 is 0 Å². The molecule has 0 spiro atoms.